The zero-order chi connectivity index (χ0) is 16.3. The van der Waals surface area contributed by atoms with Crippen LogP contribution in [0.5, 0.6) is 0 Å². The van der Waals surface area contributed by atoms with Gasteiger partial charge in [-0.1, -0.05) is 45.0 Å². The average molecular weight is 299 g/mol. The summed E-state index contributed by atoms with van der Waals surface area (Å²) in [6.07, 6.45) is 0. The van der Waals surface area contributed by atoms with Crippen LogP contribution in [0.4, 0.5) is 5.82 Å². The Kier molecular flexibility index (Phi) is 4.45. The van der Waals surface area contributed by atoms with Crippen molar-refractivity contribution < 1.29 is 9.90 Å². The molecule has 1 heterocycles. The number of carboxylic acids is 1. The summed E-state index contributed by atoms with van der Waals surface area (Å²) in [5.41, 5.74) is 2.06. The Morgan fingerprint density at radius 3 is 2.32 bits per heavy atom. The molecule has 0 bridgehead atoms. The van der Waals surface area contributed by atoms with E-state index in [0.29, 0.717) is 18.2 Å². The molecule has 0 spiro atoms. The first-order valence-electron chi connectivity index (χ1n) is 7.28. The summed E-state index contributed by atoms with van der Waals surface area (Å²) in [5, 5.41) is 12.2. The summed E-state index contributed by atoms with van der Waals surface area (Å²) in [4.78, 5) is 19.7. The molecular weight excluding hydrogens is 278 g/mol. The van der Waals surface area contributed by atoms with Gasteiger partial charge in [-0.3, -0.25) is 0 Å². The van der Waals surface area contributed by atoms with Crippen molar-refractivity contribution in [2.75, 3.05) is 11.9 Å². The van der Waals surface area contributed by atoms with Gasteiger partial charge < -0.3 is 10.4 Å². The van der Waals surface area contributed by atoms with E-state index in [1.165, 1.54) is 11.6 Å². The minimum Gasteiger partial charge on any atom is -0.477 e. The van der Waals surface area contributed by atoms with Crippen LogP contribution in [-0.4, -0.2) is 27.6 Å². The number of benzene rings is 1. The third-order valence-electron chi connectivity index (χ3n) is 3.31. The predicted octanol–water partition coefficient (Wildman–Crippen LogP) is 3.57. The van der Waals surface area contributed by atoms with Gasteiger partial charge in [0, 0.05) is 18.2 Å². The molecule has 0 aliphatic heterocycles. The molecule has 1 aromatic heterocycles. The lowest BCUT2D eigenvalue weighted by Crippen LogP contribution is -2.11. The molecule has 0 unspecified atom stereocenters. The summed E-state index contributed by atoms with van der Waals surface area (Å²) >= 11 is 0. The van der Waals surface area contributed by atoms with E-state index in [0.717, 1.165) is 5.56 Å². The lowest BCUT2D eigenvalue weighted by atomic mass is 9.87. The fourth-order valence-corrected chi connectivity index (χ4v) is 2.08. The summed E-state index contributed by atoms with van der Waals surface area (Å²) in [7, 11) is 0. The number of hydrogen-bond donors (Lipinski definition) is 2. The fourth-order valence-electron chi connectivity index (χ4n) is 2.08. The quantitative estimate of drug-likeness (QED) is 0.902. The van der Waals surface area contributed by atoms with Crippen molar-refractivity contribution in [3.8, 4) is 11.4 Å². The van der Waals surface area contributed by atoms with Gasteiger partial charge in [-0.25, -0.2) is 14.8 Å². The summed E-state index contributed by atoms with van der Waals surface area (Å²) < 4.78 is 0. The van der Waals surface area contributed by atoms with Crippen molar-refractivity contribution in [3.05, 3.63) is 41.6 Å². The highest BCUT2D eigenvalue weighted by Crippen LogP contribution is 2.25. The Hall–Kier alpha value is -2.43. The lowest BCUT2D eigenvalue weighted by Gasteiger charge is -2.19. The minimum atomic E-state index is -1.06. The second-order valence-corrected chi connectivity index (χ2v) is 6.12. The highest BCUT2D eigenvalue weighted by atomic mass is 16.4. The van der Waals surface area contributed by atoms with Crippen LogP contribution >= 0.6 is 0 Å². The summed E-state index contributed by atoms with van der Waals surface area (Å²) in [6.45, 7) is 9.03. The Bertz CT molecular complexity index is 673. The summed E-state index contributed by atoms with van der Waals surface area (Å²) in [6, 6.07) is 9.35. The van der Waals surface area contributed by atoms with E-state index in [9.17, 15) is 9.90 Å². The zero-order valence-corrected chi connectivity index (χ0v) is 13.3. The molecule has 5 nitrogen and oxygen atoms in total. The number of nitrogens with one attached hydrogen (secondary N) is 1. The number of hydrogen-bond acceptors (Lipinski definition) is 4. The van der Waals surface area contributed by atoms with Crippen LogP contribution < -0.4 is 5.32 Å². The van der Waals surface area contributed by atoms with Crippen molar-refractivity contribution in [2.24, 2.45) is 0 Å². The molecule has 2 rings (SSSR count). The predicted molar refractivity (Wildman–Crippen MR) is 87.3 cm³/mol. The molecule has 0 saturated heterocycles. The van der Waals surface area contributed by atoms with Crippen LogP contribution in [0.25, 0.3) is 11.4 Å². The van der Waals surface area contributed by atoms with E-state index >= 15 is 0 Å². The standard InChI is InChI=1S/C17H21N3O2/c1-5-18-14-10-13(16(21)22)19-15(20-14)11-6-8-12(9-7-11)17(2,3)4/h6-10H,5H2,1-4H3,(H,21,22)(H,18,19,20). The van der Waals surface area contributed by atoms with E-state index in [1.807, 2.05) is 31.2 Å². The Morgan fingerprint density at radius 2 is 1.82 bits per heavy atom. The molecule has 0 aliphatic rings. The maximum atomic E-state index is 11.2. The molecule has 0 radical (unpaired) electrons. The number of anilines is 1. The molecular formula is C17H21N3O2. The Balaban J connectivity index is 2.44. The Morgan fingerprint density at radius 1 is 1.18 bits per heavy atom. The normalized spacial score (nSPS) is 11.3. The largest absolute Gasteiger partial charge is 0.477 e. The molecule has 1 aromatic carbocycles. The molecule has 0 fully saturated rings. The third-order valence-corrected chi connectivity index (χ3v) is 3.31. The molecule has 0 atom stereocenters. The number of aromatic carboxylic acids is 1. The number of carboxylic acid groups (broad SMARTS) is 1. The Labute approximate surface area is 130 Å². The van der Waals surface area contributed by atoms with Crippen molar-refractivity contribution in [3.63, 3.8) is 0 Å². The average Bonchev–Trinajstić information content (AvgIpc) is 2.46. The van der Waals surface area contributed by atoms with Crippen LogP contribution in [0.3, 0.4) is 0 Å². The first-order valence-corrected chi connectivity index (χ1v) is 7.28. The number of aromatic nitrogens is 2. The molecule has 2 aromatic rings. The second kappa shape index (κ2) is 6.13. The van der Waals surface area contributed by atoms with E-state index in [-0.39, 0.29) is 11.1 Å². The lowest BCUT2D eigenvalue weighted by molar-refractivity contribution is 0.0690. The van der Waals surface area contributed by atoms with Gasteiger partial charge in [0.25, 0.3) is 0 Å². The monoisotopic (exact) mass is 299 g/mol. The molecule has 5 heteroatoms. The van der Waals surface area contributed by atoms with Crippen LogP contribution in [-0.2, 0) is 5.41 Å². The maximum absolute atomic E-state index is 11.2. The van der Waals surface area contributed by atoms with Gasteiger partial charge in [0.1, 0.15) is 5.82 Å². The van der Waals surface area contributed by atoms with Gasteiger partial charge in [-0.15, -0.1) is 0 Å². The first-order chi connectivity index (χ1) is 10.3. The van der Waals surface area contributed by atoms with E-state index in [4.69, 9.17) is 0 Å². The van der Waals surface area contributed by atoms with Crippen molar-refractivity contribution >= 4 is 11.8 Å². The van der Waals surface area contributed by atoms with Gasteiger partial charge in [0.15, 0.2) is 11.5 Å². The molecule has 0 amide bonds. The highest BCUT2D eigenvalue weighted by Gasteiger charge is 2.15. The van der Waals surface area contributed by atoms with Crippen LogP contribution in [0.1, 0.15) is 43.7 Å². The molecule has 0 saturated carbocycles. The fraction of sp³-hybridized carbons (Fsp3) is 0.353. The molecule has 0 aliphatic carbocycles. The van der Waals surface area contributed by atoms with Gasteiger partial charge in [-0.05, 0) is 17.9 Å². The van der Waals surface area contributed by atoms with E-state index < -0.39 is 5.97 Å². The van der Waals surface area contributed by atoms with Gasteiger partial charge in [-0.2, -0.15) is 0 Å². The topological polar surface area (TPSA) is 75.1 Å². The van der Waals surface area contributed by atoms with Crippen LogP contribution in [0.2, 0.25) is 0 Å². The molecule has 116 valence electrons. The van der Waals surface area contributed by atoms with Gasteiger partial charge in [0.2, 0.25) is 0 Å². The molecule has 22 heavy (non-hydrogen) atoms. The van der Waals surface area contributed by atoms with Crippen LogP contribution in [0, 0.1) is 0 Å². The second-order valence-electron chi connectivity index (χ2n) is 6.12. The van der Waals surface area contributed by atoms with E-state index in [1.54, 1.807) is 0 Å². The first kappa shape index (κ1) is 15.9. The number of carbonyl (C=O) groups is 1. The summed E-state index contributed by atoms with van der Waals surface area (Å²) in [5.74, 6) is -0.129. The smallest absolute Gasteiger partial charge is 0.354 e. The van der Waals surface area contributed by atoms with Crippen molar-refractivity contribution in [1.82, 2.24) is 9.97 Å². The zero-order valence-electron chi connectivity index (χ0n) is 13.3. The SMILES string of the molecule is CCNc1cc(C(=O)O)nc(-c2ccc(C(C)(C)C)cc2)n1. The number of rotatable bonds is 4. The van der Waals surface area contributed by atoms with Gasteiger partial charge in [0.05, 0.1) is 0 Å². The molecule has 2 N–H and O–H groups in total. The van der Waals surface area contributed by atoms with Crippen LogP contribution in [0.15, 0.2) is 30.3 Å². The number of nitrogens with zero attached hydrogens (tertiary/aromatic N) is 2. The van der Waals surface area contributed by atoms with Crippen molar-refractivity contribution in [1.29, 1.82) is 0 Å². The third kappa shape index (κ3) is 3.61. The van der Waals surface area contributed by atoms with Crippen molar-refractivity contribution in [2.45, 2.75) is 33.1 Å². The minimum absolute atomic E-state index is 0.0131. The maximum Gasteiger partial charge on any atom is 0.354 e. The van der Waals surface area contributed by atoms with Gasteiger partial charge >= 0.3 is 5.97 Å². The highest BCUT2D eigenvalue weighted by molar-refractivity contribution is 5.87. The van der Waals surface area contributed by atoms with E-state index in [2.05, 4.69) is 36.1 Å².